The standard InChI is InChI=1S/C13H15NO5/c1-7-3-8(2)5-9(4-7)12(17)14-10(13(18)19)6-11(15)16/h3-5,10H,6H2,1-2H3,(H,14,17)(H,15,16)(H,18,19)/t10-/m1/s1. The number of benzene rings is 1. The number of nitrogens with one attached hydrogen (secondary N) is 1. The number of aliphatic carboxylic acids is 2. The number of rotatable bonds is 5. The summed E-state index contributed by atoms with van der Waals surface area (Å²) >= 11 is 0. The van der Waals surface area contributed by atoms with E-state index in [1.807, 2.05) is 19.9 Å². The zero-order chi connectivity index (χ0) is 14.6. The van der Waals surface area contributed by atoms with Crippen LogP contribution >= 0.6 is 0 Å². The van der Waals surface area contributed by atoms with E-state index in [-0.39, 0.29) is 0 Å². The minimum atomic E-state index is -1.44. The van der Waals surface area contributed by atoms with Crippen LogP contribution in [0.2, 0.25) is 0 Å². The van der Waals surface area contributed by atoms with E-state index < -0.39 is 30.3 Å². The highest BCUT2D eigenvalue weighted by Gasteiger charge is 2.23. The molecule has 0 heterocycles. The van der Waals surface area contributed by atoms with Crippen molar-refractivity contribution in [1.29, 1.82) is 0 Å². The van der Waals surface area contributed by atoms with E-state index in [9.17, 15) is 14.4 Å². The maximum atomic E-state index is 11.9. The van der Waals surface area contributed by atoms with Crippen molar-refractivity contribution >= 4 is 17.8 Å². The Balaban J connectivity index is 2.87. The van der Waals surface area contributed by atoms with E-state index in [4.69, 9.17) is 10.2 Å². The number of carbonyl (C=O) groups is 3. The lowest BCUT2D eigenvalue weighted by molar-refractivity contribution is -0.145. The third-order valence-electron chi connectivity index (χ3n) is 2.47. The summed E-state index contributed by atoms with van der Waals surface area (Å²) in [7, 11) is 0. The van der Waals surface area contributed by atoms with Crippen molar-refractivity contribution in [2.45, 2.75) is 26.3 Å². The van der Waals surface area contributed by atoms with Crippen molar-refractivity contribution < 1.29 is 24.6 Å². The van der Waals surface area contributed by atoms with Crippen LogP contribution in [0.4, 0.5) is 0 Å². The van der Waals surface area contributed by atoms with Gasteiger partial charge in [0.2, 0.25) is 0 Å². The summed E-state index contributed by atoms with van der Waals surface area (Å²) in [6.07, 6.45) is -0.661. The summed E-state index contributed by atoms with van der Waals surface area (Å²) in [5.74, 6) is -3.26. The zero-order valence-electron chi connectivity index (χ0n) is 10.6. The van der Waals surface area contributed by atoms with Gasteiger partial charge in [-0.3, -0.25) is 9.59 Å². The van der Waals surface area contributed by atoms with Gasteiger partial charge in [-0.1, -0.05) is 17.2 Å². The molecule has 0 fully saturated rings. The zero-order valence-corrected chi connectivity index (χ0v) is 10.6. The number of hydrogen-bond acceptors (Lipinski definition) is 3. The molecular weight excluding hydrogens is 250 g/mol. The Kier molecular flexibility index (Phi) is 4.63. The van der Waals surface area contributed by atoms with Gasteiger partial charge in [0, 0.05) is 5.56 Å². The maximum absolute atomic E-state index is 11.9. The Morgan fingerprint density at radius 1 is 1.11 bits per heavy atom. The Morgan fingerprint density at radius 3 is 2.05 bits per heavy atom. The molecule has 1 aromatic rings. The summed E-state index contributed by atoms with van der Waals surface area (Å²) < 4.78 is 0. The Labute approximate surface area is 110 Å². The molecule has 0 unspecified atom stereocenters. The van der Waals surface area contributed by atoms with Crippen LogP contribution in [0.1, 0.15) is 27.9 Å². The second-order valence-electron chi connectivity index (χ2n) is 4.34. The quantitative estimate of drug-likeness (QED) is 0.735. The van der Waals surface area contributed by atoms with E-state index in [1.165, 1.54) is 0 Å². The van der Waals surface area contributed by atoms with Crippen LogP contribution in [-0.2, 0) is 9.59 Å². The molecule has 1 rings (SSSR count). The van der Waals surface area contributed by atoms with Gasteiger partial charge in [0.15, 0.2) is 0 Å². The van der Waals surface area contributed by atoms with E-state index in [0.717, 1.165) is 11.1 Å². The normalized spacial score (nSPS) is 11.7. The predicted octanol–water partition coefficient (Wildman–Crippen LogP) is 0.961. The second kappa shape index (κ2) is 5.99. The lowest BCUT2D eigenvalue weighted by Crippen LogP contribution is -2.42. The highest BCUT2D eigenvalue weighted by atomic mass is 16.4. The topological polar surface area (TPSA) is 104 Å². The summed E-state index contributed by atoms with van der Waals surface area (Å²) in [5, 5.41) is 19.6. The molecule has 0 bridgehead atoms. The molecule has 0 radical (unpaired) electrons. The largest absolute Gasteiger partial charge is 0.481 e. The number of carboxylic acids is 2. The molecule has 19 heavy (non-hydrogen) atoms. The Hall–Kier alpha value is -2.37. The summed E-state index contributed by atoms with van der Waals surface area (Å²) in [5.41, 5.74) is 2.06. The van der Waals surface area contributed by atoms with Crippen molar-refractivity contribution in [3.8, 4) is 0 Å². The second-order valence-corrected chi connectivity index (χ2v) is 4.34. The molecule has 1 amide bonds. The fourth-order valence-corrected chi connectivity index (χ4v) is 1.72. The lowest BCUT2D eigenvalue weighted by atomic mass is 10.1. The first-order valence-corrected chi connectivity index (χ1v) is 5.63. The number of carbonyl (C=O) groups excluding carboxylic acids is 1. The first-order valence-electron chi connectivity index (χ1n) is 5.63. The van der Waals surface area contributed by atoms with Gasteiger partial charge in [0.25, 0.3) is 5.91 Å². The highest BCUT2D eigenvalue weighted by molar-refractivity contribution is 5.97. The molecule has 6 heteroatoms. The minimum absolute atomic E-state index is 0.314. The van der Waals surface area contributed by atoms with E-state index in [1.54, 1.807) is 12.1 Å². The predicted molar refractivity (Wildman–Crippen MR) is 67.1 cm³/mol. The molecular formula is C13H15NO5. The van der Waals surface area contributed by atoms with Gasteiger partial charge in [-0.2, -0.15) is 0 Å². The van der Waals surface area contributed by atoms with Crippen molar-refractivity contribution in [2.24, 2.45) is 0 Å². The number of aryl methyl sites for hydroxylation is 2. The molecule has 3 N–H and O–H groups in total. The Morgan fingerprint density at radius 2 is 1.63 bits per heavy atom. The van der Waals surface area contributed by atoms with Crippen LogP contribution in [0.25, 0.3) is 0 Å². The maximum Gasteiger partial charge on any atom is 0.326 e. The molecule has 6 nitrogen and oxygen atoms in total. The summed E-state index contributed by atoms with van der Waals surface area (Å²) in [6.45, 7) is 3.63. The fraction of sp³-hybridized carbons (Fsp3) is 0.308. The van der Waals surface area contributed by atoms with Crippen molar-refractivity contribution in [3.63, 3.8) is 0 Å². The summed E-state index contributed by atoms with van der Waals surface area (Å²) in [6, 6.07) is 3.66. The highest BCUT2D eigenvalue weighted by Crippen LogP contribution is 2.09. The van der Waals surface area contributed by atoms with Gasteiger partial charge < -0.3 is 15.5 Å². The van der Waals surface area contributed by atoms with Crippen molar-refractivity contribution in [1.82, 2.24) is 5.32 Å². The van der Waals surface area contributed by atoms with Crippen LogP contribution in [0.15, 0.2) is 18.2 Å². The van der Waals surface area contributed by atoms with Gasteiger partial charge in [0.05, 0.1) is 6.42 Å². The lowest BCUT2D eigenvalue weighted by Gasteiger charge is -2.13. The Bertz CT molecular complexity index is 504. The van der Waals surface area contributed by atoms with Crippen LogP contribution in [0.5, 0.6) is 0 Å². The number of hydrogen-bond donors (Lipinski definition) is 3. The monoisotopic (exact) mass is 265 g/mol. The van der Waals surface area contributed by atoms with Gasteiger partial charge in [-0.25, -0.2) is 4.79 Å². The molecule has 102 valence electrons. The molecule has 0 spiro atoms. The molecule has 0 saturated heterocycles. The van der Waals surface area contributed by atoms with Crippen LogP contribution in [0.3, 0.4) is 0 Å². The SMILES string of the molecule is Cc1cc(C)cc(C(=O)N[C@H](CC(=O)O)C(=O)O)c1. The summed E-state index contributed by atoms with van der Waals surface area (Å²) in [4.78, 5) is 33.3. The molecule has 0 aliphatic rings. The van der Waals surface area contributed by atoms with Crippen LogP contribution < -0.4 is 5.32 Å². The van der Waals surface area contributed by atoms with Crippen LogP contribution in [-0.4, -0.2) is 34.1 Å². The fourth-order valence-electron chi connectivity index (χ4n) is 1.72. The van der Waals surface area contributed by atoms with Gasteiger partial charge in [0.1, 0.15) is 6.04 Å². The van der Waals surface area contributed by atoms with Crippen molar-refractivity contribution in [2.75, 3.05) is 0 Å². The smallest absolute Gasteiger partial charge is 0.326 e. The third kappa shape index (κ3) is 4.42. The van der Waals surface area contributed by atoms with Gasteiger partial charge in [-0.05, 0) is 26.0 Å². The number of amides is 1. The third-order valence-corrected chi connectivity index (χ3v) is 2.47. The molecule has 1 atom stereocenters. The first kappa shape index (κ1) is 14.7. The molecule has 0 aliphatic heterocycles. The van der Waals surface area contributed by atoms with Gasteiger partial charge in [-0.15, -0.1) is 0 Å². The van der Waals surface area contributed by atoms with Gasteiger partial charge >= 0.3 is 11.9 Å². The first-order chi connectivity index (χ1) is 8.79. The number of carboxylic acid groups (broad SMARTS) is 2. The molecule has 0 saturated carbocycles. The van der Waals surface area contributed by atoms with Crippen molar-refractivity contribution in [3.05, 3.63) is 34.9 Å². The van der Waals surface area contributed by atoms with Crippen LogP contribution in [0, 0.1) is 13.8 Å². The molecule has 1 aromatic carbocycles. The average molecular weight is 265 g/mol. The molecule has 0 aliphatic carbocycles. The average Bonchev–Trinajstić information content (AvgIpc) is 2.25. The van der Waals surface area contributed by atoms with E-state index in [2.05, 4.69) is 5.32 Å². The van der Waals surface area contributed by atoms with E-state index in [0.29, 0.717) is 5.56 Å². The van der Waals surface area contributed by atoms with E-state index >= 15 is 0 Å². The minimum Gasteiger partial charge on any atom is -0.481 e. The molecule has 0 aromatic heterocycles.